The maximum absolute atomic E-state index is 12.3. The standard InChI is InChI=1S/C19H18ClN3O2.C19H17N3O2.C15H13N3O.C15H9NO4.C8H6O2.C7H5NO3.C4H6Cl2O.C2H6O.C2H5O.H4N2.Na.H2O/c20-10-4-9-18(24)21-14-6-3-5-13(11-14)12-17-15-7-1-2-8-16(15)19(25)23-22-17;23-18-9-4-10-22(18)14-6-3-5-13(11-14)12-17-15-7-1-2-8-16(15)19(24)21-20-17;16-11-5-3-4-10(8-11)9-14-12-6-1-2-7-13(12)15(19)18-17-14;17-14-11-6-1-2-7-12(11)15(18)13(14)9-4-3-5-10(8-9)16(19)20;9-8-7-4-2-1-3-6(7)5-10-8;9-5-6-2-1-3-7(4-6)8(10)11;5-3-1-2-4(6)7;2*1-2-3;1-2;;/h1-3,5-8,11H,4,9-10,12H2,(H,21,24)(H,23,25);1-3,5-8,11H,4,9-10,12H2,(H,21,24);1-8H,9,16H2,(H,18,19);1-8,13H;1-4H,5H2;1-5H;1-3H2;3H,2H2,1H3;2H2,1H3;1-2H2;;1H2/q;;;;;;;;-1;;+1;. The number of non-ortho nitro benzene ring substituents is 2. The number of rotatable bonds is 18. The molecule has 0 saturated carbocycles. The smallest absolute Gasteiger partial charge is 0.855 e. The number of halogens is 3. The third-order valence-electron chi connectivity index (χ3n) is 18.2. The minimum atomic E-state index is -0.965. The molecule has 31 nitrogen and oxygen atoms in total. The number of carbonyl (C=O) groups excluding carboxylic acids is 7. The van der Waals surface area contributed by atoms with Gasteiger partial charge in [-0.25, -0.2) is 20.1 Å². The molecule has 13 aromatic rings. The van der Waals surface area contributed by atoms with E-state index in [0.29, 0.717) is 120 Å². The molecule has 10 aromatic carbocycles. The number of alkyl halides is 2. The number of aldehydes is 1. The van der Waals surface area contributed by atoms with Crippen molar-refractivity contribution in [3.8, 4) is 0 Å². The minimum Gasteiger partial charge on any atom is -0.855 e. The molecule has 13 N–H and O–H groups in total. The van der Waals surface area contributed by atoms with Gasteiger partial charge >= 0.3 is 35.5 Å². The van der Waals surface area contributed by atoms with Crippen molar-refractivity contribution in [3.63, 3.8) is 0 Å². The van der Waals surface area contributed by atoms with Crippen molar-refractivity contribution in [1.29, 1.82) is 0 Å². The van der Waals surface area contributed by atoms with Crippen molar-refractivity contribution < 1.29 is 93.4 Å². The number of carbonyl (C=O) groups is 7. The van der Waals surface area contributed by atoms with Crippen molar-refractivity contribution in [2.24, 2.45) is 11.7 Å². The number of H-pyrrole nitrogens is 3. The number of hydrogen-bond acceptors (Lipinski definition) is 23. The summed E-state index contributed by atoms with van der Waals surface area (Å²) in [5, 5.41) is 64.8. The zero-order valence-electron chi connectivity index (χ0n) is 68.9. The molecule has 3 aliphatic rings. The fourth-order valence-corrected chi connectivity index (χ4v) is 13.0. The molecule has 3 aromatic heterocycles. The Bertz CT molecular complexity index is 6020. The molecule has 1 aliphatic carbocycles. The van der Waals surface area contributed by atoms with Gasteiger partial charge in [0.25, 0.3) is 28.1 Å². The monoisotopic (exact) mass is 1780 g/mol. The summed E-state index contributed by atoms with van der Waals surface area (Å²) in [5.74, 6) is 7.35. The van der Waals surface area contributed by atoms with E-state index in [-0.39, 0.29) is 111 Å². The molecule has 1 fully saturated rings. The van der Waals surface area contributed by atoms with Crippen LogP contribution in [0.5, 0.6) is 0 Å². The van der Waals surface area contributed by atoms with Crippen LogP contribution in [0.25, 0.3) is 32.3 Å². The van der Waals surface area contributed by atoms with Crippen LogP contribution in [-0.2, 0) is 45.0 Å². The minimum absolute atomic E-state index is 0. The molecule has 16 rings (SSSR count). The number of hydrogen-bond donors (Lipinski definition) is 8. The van der Waals surface area contributed by atoms with Gasteiger partial charge in [-0.05, 0) is 121 Å². The Kier molecular flexibility index (Phi) is 44.8. The number of nitro groups is 2. The third-order valence-corrected chi connectivity index (χ3v) is 18.9. The number of nitrogens with one attached hydrogen (secondary N) is 4. The van der Waals surface area contributed by atoms with E-state index in [2.05, 4.69) is 47.6 Å². The van der Waals surface area contributed by atoms with E-state index < -0.39 is 15.8 Å². The summed E-state index contributed by atoms with van der Waals surface area (Å²) in [6.07, 6.45) is 6.05. The Balaban J connectivity index is 0.000000264. The summed E-state index contributed by atoms with van der Waals surface area (Å²) < 4.78 is 4.78. The van der Waals surface area contributed by atoms with E-state index >= 15 is 0 Å². The first-order valence-electron chi connectivity index (χ1n) is 38.6. The normalized spacial score (nSPS) is 11.6. The Labute approximate surface area is 759 Å². The van der Waals surface area contributed by atoms with Gasteiger partial charge < -0.3 is 36.4 Å². The maximum Gasteiger partial charge on any atom is 1.00 e. The van der Waals surface area contributed by atoms with Gasteiger partial charge in [0.15, 0.2) is 11.6 Å². The van der Waals surface area contributed by atoms with Crippen LogP contribution in [0.4, 0.5) is 28.4 Å². The molecular formula is C91H91Cl3N13NaO18. The number of Topliss-reactive ketones (excluding diaryl/α,β-unsaturated/α-hetero) is 2. The number of nitro benzene ring substituents is 2. The van der Waals surface area contributed by atoms with Crippen molar-refractivity contribution in [1.82, 2.24) is 30.6 Å². The fourth-order valence-electron chi connectivity index (χ4n) is 12.6. The van der Waals surface area contributed by atoms with E-state index in [0.717, 1.165) is 85.5 Å². The molecular weight excluding hydrogens is 1690 g/mol. The fraction of sp³-hybridized carbons (Fsp3) is 0.198. The third kappa shape index (κ3) is 31.0. The van der Waals surface area contributed by atoms with Crippen LogP contribution in [0, 0.1) is 20.2 Å². The summed E-state index contributed by atoms with van der Waals surface area (Å²) in [7, 11) is 0. The molecule has 0 bridgehead atoms. The van der Waals surface area contributed by atoms with Crippen molar-refractivity contribution in [2.75, 3.05) is 47.5 Å². The molecule has 126 heavy (non-hydrogen) atoms. The number of ketones is 2. The largest absolute Gasteiger partial charge is 1.00 e. The quantitative estimate of drug-likeness (QED) is 0.00378. The SMILES string of the molecule is CCO.CC[O-].NN.Nc1cccc(Cc2n[nH]c(=O)c3ccccc23)c1.O.O=C(CCCCl)Nc1cccc(Cc2n[nH]c(=O)c3ccccc23)c1.O=C(Cl)CCCCl.O=C1CCCN1c1cccc(Cc2n[nH]c(=O)c3ccccc23)c1.O=C1OCc2ccccc21.O=C1c2ccccc2C(=O)C1c1cccc([N+](=O)[O-])c1.O=Cc1cccc([N+](=O)[O-])c1.[Na+]. The molecule has 0 spiro atoms. The summed E-state index contributed by atoms with van der Waals surface area (Å²) >= 11 is 15.8. The summed E-state index contributed by atoms with van der Waals surface area (Å²) in [6.45, 7) is 4.72. The number of aliphatic hydroxyl groups excluding tert-OH is 1. The first-order chi connectivity index (χ1) is 59.9. The van der Waals surface area contributed by atoms with Gasteiger partial charge in [0.2, 0.25) is 17.1 Å². The summed E-state index contributed by atoms with van der Waals surface area (Å²) in [4.78, 5) is 136. The number of nitrogens with zero attached hydrogens (tertiary/aromatic N) is 6. The molecule has 0 unspecified atom stereocenters. The van der Waals surface area contributed by atoms with Crippen LogP contribution in [0.15, 0.2) is 257 Å². The van der Waals surface area contributed by atoms with E-state index in [4.69, 9.17) is 55.5 Å². The van der Waals surface area contributed by atoms with Gasteiger partial charge in [0.05, 0.1) is 48.7 Å². The number of esters is 1. The number of fused-ring (bicyclic) bond motifs is 5. The Morgan fingerprint density at radius 2 is 0.984 bits per heavy atom. The Morgan fingerprint density at radius 3 is 1.43 bits per heavy atom. The van der Waals surface area contributed by atoms with Crippen molar-refractivity contribution in [2.45, 2.75) is 84.2 Å². The van der Waals surface area contributed by atoms with Crippen LogP contribution in [0.3, 0.4) is 0 Å². The molecule has 1 saturated heterocycles. The molecule has 35 heteroatoms. The van der Waals surface area contributed by atoms with Gasteiger partial charge in [-0.1, -0.05) is 165 Å². The van der Waals surface area contributed by atoms with Crippen LogP contribution >= 0.6 is 34.8 Å². The van der Waals surface area contributed by atoms with Crippen molar-refractivity contribution in [3.05, 3.63) is 361 Å². The number of benzene rings is 10. The van der Waals surface area contributed by atoms with Crippen molar-refractivity contribution >= 4 is 136 Å². The first-order valence-corrected chi connectivity index (χ1v) is 40.1. The van der Waals surface area contributed by atoms with E-state index in [1.165, 1.54) is 42.5 Å². The topological polar surface area (TPSA) is 520 Å². The number of amides is 2. The number of anilines is 3. The number of nitrogens with two attached hydrogens (primary N) is 3. The number of nitrogen functional groups attached to an aromatic ring is 1. The second-order valence-corrected chi connectivity index (χ2v) is 28.0. The molecule has 5 heterocycles. The van der Waals surface area contributed by atoms with E-state index in [1.54, 1.807) is 68.4 Å². The van der Waals surface area contributed by atoms with Gasteiger partial charge in [-0.15, -0.1) is 29.8 Å². The second-order valence-electron chi connectivity index (χ2n) is 26.8. The summed E-state index contributed by atoms with van der Waals surface area (Å²) in [6, 6.07) is 70.9. The van der Waals surface area contributed by atoms with Gasteiger partial charge in [-0.2, -0.15) is 15.3 Å². The molecule has 0 radical (unpaired) electrons. The molecule has 2 amide bonds. The number of aromatic amines is 3. The number of ether oxygens (including phenoxy) is 1. The van der Waals surface area contributed by atoms with Crippen LogP contribution in [-0.4, -0.2) is 123 Å². The second kappa shape index (κ2) is 54.6. The van der Waals surface area contributed by atoms with E-state index in [9.17, 15) is 68.2 Å². The van der Waals surface area contributed by atoms with Crippen LogP contribution in [0.1, 0.15) is 145 Å². The predicted octanol–water partition coefficient (Wildman–Crippen LogP) is 9.86. The predicted molar refractivity (Wildman–Crippen MR) is 481 cm³/mol. The zero-order valence-corrected chi connectivity index (χ0v) is 73.2. The van der Waals surface area contributed by atoms with Gasteiger partial charge in [-0.3, -0.25) is 75.1 Å². The zero-order chi connectivity index (χ0) is 90.0. The number of aliphatic hydroxyl groups is 1. The van der Waals surface area contributed by atoms with E-state index in [1.807, 2.05) is 150 Å². The molecule has 0 atom stereocenters. The first kappa shape index (κ1) is 104. The van der Waals surface area contributed by atoms with Crippen LogP contribution < -0.4 is 79.0 Å². The summed E-state index contributed by atoms with van der Waals surface area (Å²) in [5.41, 5.74) is 16.2. The number of hydrazine groups is 1. The molecule has 650 valence electrons. The Morgan fingerprint density at radius 1 is 0.563 bits per heavy atom. The average molecular weight is 1780 g/mol. The number of aromatic nitrogens is 6. The Hall–Kier alpha value is -13.0. The maximum atomic E-state index is 12.3. The average Bonchev–Trinajstić information content (AvgIpc) is 1.60. The van der Waals surface area contributed by atoms with Crippen LogP contribution in [0.2, 0.25) is 0 Å². The number of cyclic esters (lactones) is 1. The van der Waals surface area contributed by atoms with Gasteiger partial charge in [0.1, 0.15) is 18.8 Å². The molecule has 2 aliphatic heterocycles. The van der Waals surface area contributed by atoms with Gasteiger partial charge in [0, 0.05) is 143 Å².